The van der Waals surface area contributed by atoms with Crippen molar-refractivity contribution in [3.8, 4) is 0 Å². The summed E-state index contributed by atoms with van der Waals surface area (Å²) in [5.41, 5.74) is 0. The van der Waals surface area contributed by atoms with E-state index in [1.165, 1.54) is 19.3 Å². The van der Waals surface area contributed by atoms with Crippen LogP contribution in [0.15, 0.2) is 0 Å². The van der Waals surface area contributed by atoms with Crippen molar-refractivity contribution in [3.63, 3.8) is 0 Å². The van der Waals surface area contributed by atoms with Crippen LogP contribution in [0.3, 0.4) is 0 Å². The van der Waals surface area contributed by atoms with Crippen LogP contribution in [0.1, 0.15) is 40.0 Å². The van der Waals surface area contributed by atoms with Gasteiger partial charge in [-0.1, -0.05) is 20.8 Å². The summed E-state index contributed by atoms with van der Waals surface area (Å²) in [6.45, 7) is 11.1. The zero-order valence-corrected chi connectivity index (χ0v) is 11.6. The zero-order valence-electron chi connectivity index (χ0n) is 11.6. The van der Waals surface area contributed by atoms with Gasteiger partial charge in [-0.05, 0) is 25.2 Å². The standard InChI is InChI=1S/C14H28N2O/c1-4-13-10-17-8-7-16(13)14(11(2)3)9-15-12-5-6-12/h11-15H,4-10H2,1-3H3. The van der Waals surface area contributed by atoms with Gasteiger partial charge in [0.2, 0.25) is 0 Å². The number of rotatable bonds is 6. The molecule has 1 aliphatic carbocycles. The van der Waals surface area contributed by atoms with Gasteiger partial charge in [0, 0.05) is 31.2 Å². The zero-order chi connectivity index (χ0) is 12.3. The molecule has 0 aromatic heterocycles. The van der Waals surface area contributed by atoms with Crippen LogP contribution in [0.2, 0.25) is 0 Å². The molecule has 0 aromatic carbocycles. The minimum absolute atomic E-state index is 0.622. The maximum Gasteiger partial charge on any atom is 0.0622 e. The second-order valence-corrected chi connectivity index (χ2v) is 5.87. The summed E-state index contributed by atoms with van der Waals surface area (Å²) >= 11 is 0. The molecular weight excluding hydrogens is 212 g/mol. The number of morpholine rings is 1. The van der Waals surface area contributed by atoms with E-state index in [9.17, 15) is 0 Å². The van der Waals surface area contributed by atoms with Gasteiger partial charge in [-0.2, -0.15) is 0 Å². The van der Waals surface area contributed by atoms with E-state index in [0.29, 0.717) is 18.0 Å². The number of hydrogen-bond donors (Lipinski definition) is 1. The number of hydrogen-bond acceptors (Lipinski definition) is 3. The average Bonchev–Trinajstić information content (AvgIpc) is 3.13. The summed E-state index contributed by atoms with van der Waals surface area (Å²) in [6.07, 6.45) is 3.96. The molecule has 1 saturated heterocycles. The second kappa shape index (κ2) is 6.17. The molecule has 2 atom stereocenters. The Kier molecular flexibility index (Phi) is 4.83. The molecule has 1 N–H and O–H groups in total. The summed E-state index contributed by atoms with van der Waals surface area (Å²) in [5, 5.41) is 3.70. The SMILES string of the molecule is CCC1COCCN1C(CNC1CC1)C(C)C. The fourth-order valence-electron chi connectivity index (χ4n) is 2.77. The van der Waals surface area contributed by atoms with E-state index in [1.54, 1.807) is 0 Å². The van der Waals surface area contributed by atoms with Crippen LogP contribution < -0.4 is 5.32 Å². The van der Waals surface area contributed by atoms with Gasteiger partial charge in [0.25, 0.3) is 0 Å². The van der Waals surface area contributed by atoms with Crippen molar-refractivity contribution in [2.75, 3.05) is 26.3 Å². The largest absolute Gasteiger partial charge is 0.378 e. The first kappa shape index (κ1) is 13.3. The van der Waals surface area contributed by atoms with Crippen LogP contribution in [0, 0.1) is 5.92 Å². The minimum Gasteiger partial charge on any atom is -0.378 e. The molecule has 2 fully saturated rings. The summed E-state index contributed by atoms with van der Waals surface area (Å²) in [4.78, 5) is 2.68. The van der Waals surface area contributed by atoms with Gasteiger partial charge in [0.1, 0.15) is 0 Å². The monoisotopic (exact) mass is 240 g/mol. The summed E-state index contributed by atoms with van der Waals surface area (Å²) in [7, 11) is 0. The van der Waals surface area contributed by atoms with Gasteiger partial charge in [0.05, 0.1) is 13.2 Å². The lowest BCUT2D eigenvalue weighted by Gasteiger charge is -2.42. The van der Waals surface area contributed by atoms with E-state index in [4.69, 9.17) is 4.74 Å². The molecule has 2 rings (SSSR count). The molecule has 3 heteroatoms. The van der Waals surface area contributed by atoms with Crippen molar-refractivity contribution in [2.45, 2.75) is 58.2 Å². The Labute approximate surface area is 106 Å². The van der Waals surface area contributed by atoms with E-state index in [0.717, 1.165) is 32.3 Å². The van der Waals surface area contributed by atoms with E-state index in [1.807, 2.05) is 0 Å². The van der Waals surface area contributed by atoms with Gasteiger partial charge in [0.15, 0.2) is 0 Å². The van der Waals surface area contributed by atoms with Crippen LogP contribution in [0.5, 0.6) is 0 Å². The minimum atomic E-state index is 0.622. The lowest BCUT2D eigenvalue weighted by Crippen LogP contribution is -2.55. The number of ether oxygens (including phenoxy) is 1. The third-order valence-electron chi connectivity index (χ3n) is 4.13. The van der Waals surface area contributed by atoms with Crippen LogP contribution in [0.25, 0.3) is 0 Å². The van der Waals surface area contributed by atoms with E-state index in [-0.39, 0.29) is 0 Å². The highest BCUT2D eigenvalue weighted by atomic mass is 16.5. The van der Waals surface area contributed by atoms with Crippen molar-refractivity contribution in [3.05, 3.63) is 0 Å². The highest BCUT2D eigenvalue weighted by Crippen LogP contribution is 2.22. The van der Waals surface area contributed by atoms with Crippen molar-refractivity contribution >= 4 is 0 Å². The molecule has 0 amide bonds. The van der Waals surface area contributed by atoms with Crippen LogP contribution in [-0.2, 0) is 4.74 Å². The first-order valence-electron chi connectivity index (χ1n) is 7.29. The van der Waals surface area contributed by atoms with Crippen LogP contribution in [-0.4, -0.2) is 49.3 Å². The molecule has 17 heavy (non-hydrogen) atoms. The van der Waals surface area contributed by atoms with Gasteiger partial charge in [-0.25, -0.2) is 0 Å². The number of nitrogens with one attached hydrogen (secondary N) is 1. The fraction of sp³-hybridized carbons (Fsp3) is 1.00. The lowest BCUT2D eigenvalue weighted by molar-refractivity contribution is -0.0390. The van der Waals surface area contributed by atoms with E-state index >= 15 is 0 Å². The molecule has 100 valence electrons. The van der Waals surface area contributed by atoms with Gasteiger partial charge >= 0.3 is 0 Å². The smallest absolute Gasteiger partial charge is 0.0622 e. The summed E-state index contributed by atoms with van der Waals surface area (Å²) in [6, 6.07) is 2.11. The Hall–Kier alpha value is -0.120. The predicted molar refractivity (Wildman–Crippen MR) is 71.3 cm³/mol. The summed E-state index contributed by atoms with van der Waals surface area (Å²) < 4.78 is 5.61. The third-order valence-corrected chi connectivity index (χ3v) is 4.13. The molecule has 1 saturated carbocycles. The molecule has 3 nitrogen and oxygen atoms in total. The summed E-state index contributed by atoms with van der Waals surface area (Å²) in [5.74, 6) is 0.716. The second-order valence-electron chi connectivity index (χ2n) is 5.87. The van der Waals surface area contributed by atoms with E-state index in [2.05, 4.69) is 31.0 Å². The van der Waals surface area contributed by atoms with Crippen molar-refractivity contribution in [2.24, 2.45) is 5.92 Å². The van der Waals surface area contributed by atoms with Crippen molar-refractivity contribution in [1.82, 2.24) is 10.2 Å². The maximum atomic E-state index is 5.61. The Morgan fingerprint density at radius 1 is 1.35 bits per heavy atom. The third kappa shape index (κ3) is 3.67. The molecule has 0 radical (unpaired) electrons. The molecule has 0 aromatic rings. The van der Waals surface area contributed by atoms with Gasteiger partial charge in [-0.3, -0.25) is 4.90 Å². The molecular formula is C14H28N2O. The van der Waals surface area contributed by atoms with E-state index < -0.39 is 0 Å². The fourth-order valence-corrected chi connectivity index (χ4v) is 2.77. The van der Waals surface area contributed by atoms with Gasteiger partial charge in [-0.15, -0.1) is 0 Å². The molecule has 2 unspecified atom stereocenters. The molecule has 0 spiro atoms. The maximum absolute atomic E-state index is 5.61. The first-order valence-corrected chi connectivity index (χ1v) is 7.29. The van der Waals surface area contributed by atoms with Crippen molar-refractivity contribution in [1.29, 1.82) is 0 Å². The normalized spacial score (nSPS) is 28.6. The Morgan fingerprint density at radius 2 is 2.12 bits per heavy atom. The molecule has 1 aliphatic heterocycles. The van der Waals surface area contributed by atoms with Crippen molar-refractivity contribution < 1.29 is 4.74 Å². The molecule has 1 heterocycles. The molecule has 2 aliphatic rings. The first-order chi connectivity index (χ1) is 8.22. The Balaban J connectivity index is 1.91. The highest BCUT2D eigenvalue weighted by molar-refractivity contribution is 4.88. The Bertz CT molecular complexity index is 228. The highest BCUT2D eigenvalue weighted by Gasteiger charge is 2.31. The Morgan fingerprint density at radius 3 is 2.71 bits per heavy atom. The average molecular weight is 240 g/mol. The number of nitrogens with zero attached hydrogens (tertiary/aromatic N) is 1. The molecule has 0 bridgehead atoms. The topological polar surface area (TPSA) is 24.5 Å². The van der Waals surface area contributed by atoms with Crippen LogP contribution in [0.4, 0.5) is 0 Å². The predicted octanol–water partition coefficient (Wildman–Crippen LogP) is 1.87. The lowest BCUT2D eigenvalue weighted by atomic mass is 9.99. The quantitative estimate of drug-likeness (QED) is 0.767. The van der Waals surface area contributed by atoms with Crippen LogP contribution >= 0.6 is 0 Å². The van der Waals surface area contributed by atoms with Gasteiger partial charge < -0.3 is 10.1 Å².